The van der Waals surface area contributed by atoms with Gasteiger partial charge in [0.1, 0.15) is 0 Å². The molecule has 0 spiro atoms. The van der Waals surface area contributed by atoms with Gasteiger partial charge in [0.15, 0.2) is 0 Å². The molecule has 1 N–H and O–H groups in total. The first-order chi connectivity index (χ1) is 14.8. The van der Waals surface area contributed by atoms with Crippen molar-refractivity contribution in [1.29, 1.82) is 0 Å². The van der Waals surface area contributed by atoms with Crippen LogP contribution >= 0.6 is 0 Å². The molecule has 7 nitrogen and oxygen atoms in total. The van der Waals surface area contributed by atoms with Gasteiger partial charge in [-0.25, -0.2) is 14.5 Å². The van der Waals surface area contributed by atoms with E-state index >= 15 is 0 Å². The average molecular weight is 394 g/mol. The molecule has 0 saturated carbocycles. The molecule has 1 aromatic carbocycles. The van der Waals surface area contributed by atoms with E-state index in [4.69, 9.17) is 4.74 Å². The lowest BCUT2D eigenvalue weighted by Crippen LogP contribution is -2.02. The van der Waals surface area contributed by atoms with Gasteiger partial charge < -0.3 is 10.1 Å². The number of hydrogen-bond acceptors (Lipinski definition) is 6. The van der Waals surface area contributed by atoms with Crippen molar-refractivity contribution in [2.75, 3.05) is 12.4 Å². The Morgan fingerprint density at radius 1 is 0.800 bits per heavy atom. The number of ether oxygens (including phenoxy) is 1. The smallest absolute Gasteiger partial charge is 0.245 e. The maximum atomic E-state index is 5.14. The van der Waals surface area contributed by atoms with Crippen LogP contribution in [0.3, 0.4) is 0 Å². The quantitative estimate of drug-likeness (QED) is 0.469. The number of aromatic nitrogens is 5. The molecule has 0 radical (unpaired) electrons. The van der Waals surface area contributed by atoms with Gasteiger partial charge in [0.2, 0.25) is 11.8 Å². The third-order valence-electron chi connectivity index (χ3n) is 4.78. The zero-order chi connectivity index (χ0) is 20.3. The predicted molar refractivity (Wildman–Crippen MR) is 116 cm³/mol. The summed E-state index contributed by atoms with van der Waals surface area (Å²) < 4.78 is 6.99. The summed E-state index contributed by atoms with van der Waals surface area (Å²) in [5, 5.41) is 7.92. The number of methoxy groups -OCH3 is 1. The summed E-state index contributed by atoms with van der Waals surface area (Å²) in [5.41, 5.74) is 5.86. The molecule has 146 valence electrons. The zero-order valence-corrected chi connectivity index (χ0v) is 16.2. The Bertz CT molecular complexity index is 1280. The van der Waals surface area contributed by atoms with Gasteiger partial charge in [-0.15, -0.1) is 5.10 Å². The van der Waals surface area contributed by atoms with E-state index in [1.54, 1.807) is 25.7 Å². The normalized spacial score (nSPS) is 10.8. The molecular formula is C23H18N6O. The van der Waals surface area contributed by atoms with Crippen molar-refractivity contribution < 1.29 is 4.74 Å². The monoisotopic (exact) mass is 394 g/mol. The molecule has 0 atom stereocenters. The zero-order valence-electron chi connectivity index (χ0n) is 16.2. The molecule has 7 heteroatoms. The van der Waals surface area contributed by atoms with Crippen molar-refractivity contribution in [3.63, 3.8) is 0 Å². The van der Waals surface area contributed by atoms with E-state index in [9.17, 15) is 0 Å². The molecule has 0 aliphatic heterocycles. The molecule has 4 aromatic heterocycles. The Labute approximate surface area is 173 Å². The fraction of sp³-hybridized carbons (Fsp3) is 0.0435. The van der Waals surface area contributed by atoms with Crippen LogP contribution in [0.25, 0.3) is 27.9 Å². The number of rotatable bonds is 5. The molecule has 30 heavy (non-hydrogen) atoms. The van der Waals surface area contributed by atoms with Crippen LogP contribution < -0.4 is 10.1 Å². The Morgan fingerprint density at radius 3 is 2.40 bits per heavy atom. The number of hydrogen-bond donors (Lipinski definition) is 1. The molecule has 0 unspecified atom stereocenters. The first-order valence-corrected chi connectivity index (χ1v) is 9.43. The van der Waals surface area contributed by atoms with Crippen molar-refractivity contribution in [3.05, 3.63) is 85.5 Å². The lowest BCUT2D eigenvalue weighted by Gasteiger charge is -2.08. The first kappa shape index (κ1) is 17.8. The van der Waals surface area contributed by atoms with Crippen LogP contribution in [0.5, 0.6) is 5.88 Å². The highest BCUT2D eigenvalue weighted by molar-refractivity contribution is 5.68. The lowest BCUT2D eigenvalue weighted by atomic mass is 10.1. The van der Waals surface area contributed by atoms with E-state index in [0.717, 1.165) is 33.6 Å². The van der Waals surface area contributed by atoms with Gasteiger partial charge in [-0.05, 0) is 47.5 Å². The van der Waals surface area contributed by atoms with Crippen LogP contribution in [0.2, 0.25) is 0 Å². The third kappa shape index (κ3) is 3.44. The van der Waals surface area contributed by atoms with Gasteiger partial charge in [0.05, 0.1) is 24.5 Å². The molecule has 5 aromatic rings. The van der Waals surface area contributed by atoms with E-state index in [-0.39, 0.29) is 0 Å². The minimum atomic E-state index is 0.510. The van der Waals surface area contributed by atoms with Crippen LogP contribution in [-0.2, 0) is 0 Å². The van der Waals surface area contributed by atoms with Crippen LogP contribution in [0, 0.1) is 0 Å². The van der Waals surface area contributed by atoms with Crippen LogP contribution in [-0.4, -0.2) is 31.7 Å². The second kappa shape index (κ2) is 7.63. The second-order valence-electron chi connectivity index (χ2n) is 6.67. The molecule has 5 rings (SSSR count). The molecular weight excluding hydrogens is 376 g/mol. The van der Waals surface area contributed by atoms with Crippen molar-refractivity contribution in [2.45, 2.75) is 0 Å². The summed E-state index contributed by atoms with van der Waals surface area (Å²) in [6.07, 6.45) is 7.18. The summed E-state index contributed by atoms with van der Waals surface area (Å²) in [6, 6.07) is 19.8. The van der Waals surface area contributed by atoms with Crippen LogP contribution in [0.15, 0.2) is 85.5 Å². The molecule has 0 aliphatic rings. The van der Waals surface area contributed by atoms with Gasteiger partial charge >= 0.3 is 0 Å². The average Bonchev–Trinajstić information content (AvgIpc) is 3.23. The molecule has 0 saturated heterocycles. The highest BCUT2D eigenvalue weighted by Gasteiger charge is 2.09. The summed E-state index contributed by atoms with van der Waals surface area (Å²) in [7, 11) is 1.60. The lowest BCUT2D eigenvalue weighted by molar-refractivity contribution is 0.398. The van der Waals surface area contributed by atoms with E-state index in [0.29, 0.717) is 11.8 Å². The maximum absolute atomic E-state index is 5.14. The summed E-state index contributed by atoms with van der Waals surface area (Å²) in [4.78, 5) is 12.9. The number of pyridine rings is 2. The fourth-order valence-electron chi connectivity index (χ4n) is 3.24. The van der Waals surface area contributed by atoms with Crippen LogP contribution in [0.1, 0.15) is 0 Å². The standard InChI is InChI=1S/C23H18N6O/c1-30-22-11-6-18(14-25-22)21-10-9-20-15-26-23(28-29(20)21)27-19-7-4-16(5-8-19)17-3-2-12-24-13-17/h2-15H,1H3,(H,27,28). The number of anilines is 2. The summed E-state index contributed by atoms with van der Waals surface area (Å²) in [5.74, 6) is 1.09. The molecule has 0 bridgehead atoms. The maximum Gasteiger partial charge on any atom is 0.245 e. The van der Waals surface area contributed by atoms with E-state index < -0.39 is 0 Å². The Morgan fingerprint density at radius 2 is 1.67 bits per heavy atom. The topological polar surface area (TPSA) is 77.2 Å². The van der Waals surface area contributed by atoms with Crippen LogP contribution in [0.4, 0.5) is 11.6 Å². The number of benzene rings is 1. The van der Waals surface area contributed by atoms with Crippen molar-refractivity contribution >= 4 is 17.2 Å². The van der Waals surface area contributed by atoms with Gasteiger partial charge in [-0.3, -0.25) is 4.98 Å². The summed E-state index contributed by atoms with van der Waals surface area (Å²) >= 11 is 0. The van der Waals surface area contributed by atoms with E-state index in [1.165, 1.54) is 0 Å². The van der Waals surface area contributed by atoms with Gasteiger partial charge in [-0.1, -0.05) is 18.2 Å². The third-order valence-corrected chi connectivity index (χ3v) is 4.78. The highest BCUT2D eigenvalue weighted by Crippen LogP contribution is 2.24. The number of nitrogens with one attached hydrogen (secondary N) is 1. The molecule has 0 aliphatic carbocycles. The predicted octanol–water partition coefficient (Wildman–Crippen LogP) is 4.61. The molecule has 0 amide bonds. The van der Waals surface area contributed by atoms with Crippen molar-refractivity contribution in [2.24, 2.45) is 0 Å². The fourth-order valence-corrected chi connectivity index (χ4v) is 3.24. The minimum absolute atomic E-state index is 0.510. The Kier molecular flexibility index (Phi) is 4.53. The Balaban J connectivity index is 1.42. The summed E-state index contributed by atoms with van der Waals surface area (Å²) in [6.45, 7) is 0. The van der Waals surface area contributed by atoms with Gasteiger partial charge in [-0.2, -0.15) is 0 Å². The van der Waals surface area contributed by atoms with Crippen molar-refractivity contribution in [3.8, 4) is 28.3 Å². The number of nitrogens with zero attached hydrogens (tertiary/aromatic N) is 5. The van der Waals surface area contributed by atoms with E-state index in [2.05, 4.69) is 25.4 Å². The van der Waals surface area contributed by atoms with Gasteiger partial charge in [0.25, 0.3) is 0 Å². The van der Waals surface area contributed by atoms with Crippen molar-refractivity contribution in [1.82, 2.24) is 24.6 Å². The second-order valence-corrected chi connectivity index (χ2v) is 6.67. The minimum Gasteiger partial charge on any atom is -0.481 e. The molecule has 0 fully saturated rings. The molecule has 4 heterocycles. The first-order valence-electron chi connectivity index (χ1n) is 9.43. The highest BCUT2D eigenvalue weighted by atomic mass is 16.5. The Hall–Kier alpha value is -4.26. The largest absolute Gasteiger partial charge is 0.481 e. The SMILES string of the molecule is COc1ccc(-c2ccc3cnc(Nc4ccc(-c5cccnc5)cc4)nn23)cn1. The van der Waals surface area contributed by atoms with Gasteiger partial charge in [0, 0.05) is 35.9 Å². The van der Waals surface area contributed by atoms with E-state index in [1.807, 2.05) is 71.4 Å². The number of fused-ring (bicyclic) bond motifs is 1.